The molecule has 0 amide bonds. The van der Waals surface area contributed by atoms with E-state index in [0.717, 1.165) is 18.7 Å². The van der Waals surface area contributed by atoms with E-state index in [4.69, 9.17) is 4.55 Å². The topological polar surface area (TPSA) is 78.6 Å². The summed E-state index contributed by atoms with van der Waals surface area (Å²) in [5, 5.41) is 14.7. The summed E-state index contributed by atoms with van der Waals surface area (Å²) in [4.78, 5) is 14.7. The molecule has 0 fully saturated rings. The Morgan fingerprint density at radius 3 is 2.54 bits per heavy atom. The zero-order valence-electron chi connectivity index (χ0n) is 14.8. The predicted molar refractivity (Wildman–Crippen MR) is 109 cm³/mol. The van der Waals surface area contributed by atoms with Crippen LogP contribution in [0.3, 0.4) is 0 Å². The number of nitrogens with one attached hydrogen (secondary N) is 1. The monoisotopic (exact) mass is 393 g/mol. The van der Waals surface area contributed by atoms with Crippen molar-refractivity contribution in [2.75, 3.05) is 31.7 Å². The van der Waals surface area contributed by atoms with E-state index in [2.05, 4.69) is 22.3 Å². The minimum Gasteiger partial charge on any atom is -0.376 e. The van der Waals surface area contributed by atoms with Gasteiger partial charge >= 0.3 is 0 Å². The summed E-state index contributed by atoms with van der Waals surface area (Å²) < 4.78 is 9.14. The molecular weight excluding hydrogens is 370 g/mol. The lowest BCUT2D eigenvalue weighted by Gasteiger charge is -2.21. The fraction of sp³-hybridized carbons (Fsp3) is 0.333. The molecule has 0 aliphatic carbocycles. The van der Waals surface area contributed by atoms with E-state index in [1.807, 2.05) is 32.3 Å². The van der Waals surface area contributed by atoms with Crippen LogP contribution in [-0.2, 0) is 0 Å². The minimum atomic E-state index is -0.421. The number of hydrogen-bond acceptors (Lipinski definition) is 7. The number of nitro benzene ring substituents is 1. The van der Waals surface area contributed by atoms with Crippen molar-refractivity contribution in [3.05, 3.63) is 58.6 Å². The van der Waals surface area contributed by atoms with Crippen LogP contribution in [0.25, 0.3) is 0 Å². The van der Waals surface area contributed by atoms with Crippen molar-refractivity contribution in [1.82, 2.24) is 4.90 Å². The largest absolute Gasteiger partial charge is 0.376 e. The highest BCUT2D eigenvalue weighted by Gasteiger charge is 2.19. The Hall–Kier alpha value is -1.74. The summed E-state index contributed by atoms with van der Waals surface area (Å²) in [6, 6.07) is 14.9. The SMILES string of the molecule is CN(C)CC[C@@H](CSc1ccccc1)Nc1ccc(SO)cc1[N+](=O)[O-]. The minimum absolute atomic E-state index is 0.0244. The van der Waals surface area contributed by atoms with Gasteiger partial charge in [0.25, 0.3) is 5.69 Å². The molecule has 6 nitrogen and oxygen atoms in total. The number of hydrogen-bond donors (Lipinski definition) is 2. The Morgan fingerprint density at radius 1 is 1.19 bits per heavy atom. The second-order valence-electron chi connectivity index (χ2n) is 6.08. The van der Waals surface area contributed by atoms with Gasteiger partial charge in [-0.2, -0.15) is 0 Å². The maximum Gasteiger partial charge on any atom is 0.293 e. The van der Waals surface area contributed by atoms with E-state index >= 15 is 0 Å². The number of rotatable bonds is 10. The van der Waals surface area contributed by atoms with Crippen LogP contribution in [-0.4, -0.2) is 46.8 Å². The Morgan fingerprint density at radius 2 is 1.92 bits per heavy atom. The molecule has 8 heteroatoms. The fourth-order valence-electron chi connectivity index (χ4n) is 2.39. The Kier molecular flexibility index (Phi) is 8.24. The molecule has 0 unspecified atom stereocenters. The molecule has 0 bridgehead atoms. The number of thioether (sulfide) groups is 1. The van der Waals surface area contributed by atoms with Crippen molar-refractivity contribution in [3.63, 3.8) is 0 Å². The first kappa shape index (κ1) is 20.6. The molecule has 0 radical (unpaired) electrons. The molecule has 0 spiro atoms. The van der Waals surface area contributed by atoms with Crippen molar-refractivity contribution < 1.29 is 9.48 Å². The third-order valence-corrected chi connectivity index (χ3v) is 5.39. The van der Waals surface area contributed by atoms with Crippen LogP contribution in [0.5, 0.6) is 0 Å². The molecular formula is C18H23N3O3S2. The zero-order valence-corrected chi connectivity index (χ0v) is 16.4. The van der Waals surface area contributed by atoms with Gasteiger partial charge in [-0.05, 0) is 51.3 Å². The van der Waals surface area contributed by atoms with E-state index < -0.39 is 4.92 Å². The lowest BCUT2D eigenvalue weighted by atomic mass is 10.2. The third-order valence-electron chi connectivity index (χ3n) is 3.75. The van der Waals surface area contributed by atoms with E-state index in [9.17, 15) is 10.1 Å². The van der Waals surface area contributed by atoms with Crippen LogP contribution in [0.2, 0.25) is 0 Å². The summed E-state index contributed by atoms with van der Waals surface area (Å²) in [5.41, 5.74) is 0.453. The normalized spacial score (nSPS) is 12.2. The smallest absolute Gasteiger partial charge is 0.293 e. The van der Waals surface area contributed by atoms with Gasteiger partial charge in [0, 0.05) is 39.7 Å². The molecule has 2 rings (SSSR count). The molecule has 2 aromatic carbocycles. The number of anilines is 1. The van der Waals surface area contributed by atoms with Gasteiger partial charge in [0.1, 0.15) is 5.69 Å². The molecule has 0 saturated carbocycles. The van der Waals surface area contributed by atoms with Gasteiger partial charge in [0.05, 0.1) is 4.92 Å². The molecule has 0 aromatic heterocycles. The Labute approximate surface area is 162 Å². The van der Waals surface area contributed by atoms with E-state index in [1.54, 1.807) is 23.9 Å². The van der Waals surface area contributed by atoms with Crippen LogP contribution in [0, 0.1) is 10.1 Å². The predicted octanol–water partition coefficient (Wildman–Crippen LogP) is 4.68. The highest BCUT2D eigenvalue weighted by atomic mass is 32.2. The highest BCUT2D eigenvalue weighted by molar-refractivity contribution is 7.99. The summed E-state index contributed by atoms with van der Waals surface area (Å²) in [6.45, 7) is 0.880. The molecule has 26 heavy (non-hydrogen) atoms. The molecule has 2 N–H and O–H groups in total. The highest BCUT2D eigenvalue weighted by Crippen LogP contribution is 2.31. The number of nitrogens with zero attached hydrogens (tertiary/aromatic N) is 2. The van der Waals surface area contributed by atoms with Gasteiger partial charge in [-0.15, -0.1) is 11.8 Å². The van der Waals surface area contributed by atoms with Crippen LogP contribution >= 0.6 is 23.8 Å². The Bertz CT molecular complexity index is 714. The maximum atomic E-state index is 11.4. The van der Waals surface area contributed by atoms with E-state index in [-0.39, 0.29) is 11.7 Å². The average molecular weight is 394 g/mol. The average Bonchev–Trinajstić information content (AvgIpc) is 2.64. The van der Waals surface area contributed by atoms with Gasteiger partial charge < -0.3 is 14.8 Å². The lowest BCUT2D eigenvalue weighted by Crippen LogP contribution is -2.28. The lowest BCUT2D eigenvalue weighted by molar-refractivity contribution is -0.384. The van der Waals surface area contributed by atoms with Crippen LogP contribution < -0.4 is 5.32 Å². The molecule has 1 atom stereocenters. The first-order valence-corrected chi connectivity index (χ1v) is 9.94. The van der Waals surface area contributed by atoms with Crippen molar-refractivity contribution in [2.24, 2.45) is 0 Å². The summed E-state index contributed by atoms with van der Waals surface area (Å²) >= 11 is 2.23. The van der Waals surface area contributed by atoms with Crippen LogP contribution in [0.1, 0.15) is 6.42 Å². The van der Waals surface area contributed by atoms with Crippen molar-refractivity contribution >= 4 is 35.2 Å². The molecule has 140 valence electrons. The third kappa shape index (κ3) is 6.53. The molecule has 0 saturated heterocycles. The summed E-state index contributed by atoms with van der Waals surface area (Å²) in [6.07, 6.45) is 0.862. The number of nitro groups is 1. The molecule has 0 aliphatic rings. The summed E-state index contributed by atoms with van der Waals surface area (Å²) in [5.74, 6) is 0.797. The van der Waals surface area contributed by atoms with Crippen LogP contribution in [0.15, 0.2) is 58.3 Å². The molecule has 0 heterocycles. The second-order valence-corrected chi connectivity index (χ2v) is 7.83. The summed E-state index contributed by atoms with van der Waals surface area (Å²) in [7, 11) is 4.02. The zero-order chi connectivity index (χ0) is 18.9. The van der Waals surface area contributed by atoms with Gasteiger partial charge in [0.15, 0.2) is 0 Å². The fourth-order valence-corrected chi connectivity index (χ4v) is 3.67. The van der Waals surface area contributed by atoms with Gasteiger partial charge in [-0.1, -0.05) is 18.2 Å². The van der Waals surface area contributed by atoms with Gasteiger partial charge in [-0.25, -0.2) is 0 Å². The molecule has 2 aromatic rings. The van der Waals surface area contributed by atoms with Crippen molar-refractivity contribution in [1.29, 1.82) is 0 Å². The van der Waals surface area contributed by atoms with Gasteiger partial charge in [0.2, 0.25) is 0 Å². The van der Waals surface area contributed by atoms with Crippen molar-refractivity contribution in [3.8, 4) is 0 Å². The first-order valence-electron chi connectivity index (χ1n) is 8.18. The Balaban J connectivity index is 2.13. The standard InChI is InChI=1S/C18H23N3O3S2/c1-20(2)11-10-14(13-25-15-6-4-3-5-7-15)19-17-9-8-16(26-24)12-18(17)21(22)23/h3-9,12,14,19,24H,10-11,13H2,1-2H3/t14-/m0/s1. The molecule has 0 aliphatic heterocycles. The second kappa shape index (κ2) is 10.4. The quantitative estimate of drug-likeness (QED) is 0.262. The van der Waals surface area contributed by atoms with Crippen molar-refractivity contribution in [2.45, 2.75) is 22.3 Å². The number of benzene rings is 2. The van der Waals surface area contributed by atoms with Gasteiger partial charge in [-0.3, -0.25) is 10.1 Å². The van der Waals surface area contributed by atoms with E-state index in [0.29, 0.717) is 22.6 Å². The first-order chi connectivity index (χ1) is 12.5. The maximum absolute atomic E-state index is 11.4. The van der Waals surface area contributed by atoms with Crippen LogP contribution in [0.4, 0.5) is 11.4 Å². The van der Waals surface area contributed by atoms with E-state index in [1.165, 1.54) is 11.0 Å².